The van der Waals surface area contributed by atoms with E-state index in [2.05, 4.69) is 55.6 Å². The van der Waals surface area contributed by atoms with E-state index >= 15 is 0 Å². The monoisotopic (exact) mass is 407 g/mol. The molecule has 1 N–H and O–H groups in total. The third-order valence-corrected chi connectivity index (χ3v) is 5.89. The van der Waals surface area contributed by atoms with Crippen LogP contribution in [0.2, 0.25) is 0 Å². The molecule has 1 saturated heterocycles. The van der Waals surface area contributed by atoms with Gasteiger partial charge in [0.25, 0.3) is 0 Å². The number of benzene rings is 1. The zero-order valence-corrected chi connectivity index (χ0v) is 18.2. The number of imidazole rings is 1. The number of nitrogens with one attached hydrogen (secondary N) is 1. The Hall–Kier alpha value is -2.73. The highest BCUT2D eigenvalue weighted by Crippen LogP contribution is 2.28. The van der Waals surface area contributed by atoms with Crippen molar-refractivity contribution in [1.29, 1.82) is 0 Å². The van der Waals surface area contributed by atoms with E-state index in [-0.39, 0.29) is 0 Å². The number of aryl methyl sites for hydroxylation is 1. The summed E-state index contributed by atoms with van der Waals surface area (Å²) in [5.41, 5.74) is 1.99. The minimum absolute atomic E-state index is 0.300. The number of pyridine rings is 1. The van der Waals surface area contributed by atoms with E-state index in [9.17, 15) is 4.39 Å². The number of rotatable bonds is 6. The maximum Gasteiger partial charge on any atom is 0.130 e. The van der Waals surface area contributed by atoms with Crippen molar-refractivity contribution in [3.63, 3.8) is 0 Å². The van der Waals surface area contributed by atoms with Crippen LogP contribution in [-0.2, 0) is 7.05 Å². The average Bonchev–Trinajstić information content (AvgIpc) is 3.27. The van der Waals surface area contributed by atoms with Crippen LogP contribution in [0.25, 0.3) is 22.0 Å². The fourth-order valence-corrected chi connectivity index (χ4v) is 4.20. The molecular weight excluding hydrogens is 377 g/mol. The largest absolute Gasteiger partial charge is 0.344 e. The Morgan fingerprint density at radius 1 is 1.23 bits per heavy atom. The highest BCUT2D eigenvalue weighted by atomic mass is 19.1. The normalized spacial score (nSPS) is 17.6. The van der Waals surface area contributed by atoms with Gasteiger partial charge in [-0.25, -0.2) is 14.4 Å². The van der Waals surface area contributed by atoms with Gasteiger partial charge in [0.1, 0.15) is 17.3 Å². The molecule has 0 spiro atoms. The minimum Gasteiger partial charge on any atom is -0.344 e. The van der Waals surface area contributed by atoms with E-state index in [1.54, 1.807) is 13.8 Å². The molecule has 0 radical (unpaired) electrons. The highest BCUT2D eigenvalue weighted by Gasteiger charge is 2.29. The molecule has 1 unspecified atom stereocenters. The summed E-state index contributed by atoms with van der Waals surface area (Å²) in [5.74, 6) is 2.07. The van der Waals surface area contributed by atoms with Crippen molar-refractivity contribution in [3.05, 3.63) is 54.8 Å². The smallest absolute Gasteiger partial charge is 0.130 e. The summed E-state index contributed by atoms with van der Waals surface area (Å²) in [6.45, 7) is 11.7. The van der Waals surface area contributed by atoms with Gasteiger partial charge in [-0.05, 0) is 51.3 Å². The maximum absolute atomic E-state index is 14.0. The Balaban J connectivity index is 1.49. The SMILES string of the molecule is C=C(Nc1cc2cc(-c3cnc(C)n3C)ccc2cn1)C1CCN(CC(C)(C)F)C1. The van der Waals surface area contributed by atoms with Crippen LogP contribution in [0.15, 0.2) is 48.9 Å². The van der Waals surface area contributed by atoms with E-state index in [1.165, 1.54) is 0 Å². The predicted octanol–water partition coefficient (Wildman–Crippen LogP) is 4.94. The van der Waals surface area contributed by atoms with E-state index < -0.39 is 5.67 Å². The summed E-state index contributed by atoms with van der Waals surface area (Å²) in [6, 6.07) is 8.42. The summed E-state index contributed by atoms with van der Waals surface area (Å²) in [7, 11) is 2.03. The first-order valence-electron chi connectivity index (χ1n) is 10.5. The molecule has 0 bridgehead atoms. The molecule has 0 amide bonds. The fraction of sp³-hybridized carbons (Fsp3) is 0.417. The van der Waals surface area contributed by atoms with Crippen molar-refractivity contribution in [3.8, 4) is 11.3 Å². The van der Waals surface area contributed by atoms with Gasteiger partial charge in [0.05, 0.1) is 11.9 Å². The number of anilines is 1. The summed E-state index contributed by atoms with van der Waals surface area (Å²) < 4.78 is 16.0. The third-order valence-electron chi connectivity index (χ3n) is 5.89. The molecular formula is C24H30FN5. The van der Waals surface area contributed by atoms with Crippen LogP contribution in [0, 0.1) is 12.8 Å². The average molecular weight is 408 g/mol. The molecule has 1 atom stereocenters. The van der Waals surface area contributed by atoms with Gasteiger partial charge >= 0.3 is 0 Å². The molecule has 1 aliphatic rings. The molecule has 5 nitrogen and oxygen atoms in total. The zero-order valence-electron chi connectivity index (χ0n) is 18.2. The van der Waals surface area contributed by atoms with Gasteiger partial charge in [-0.3, -0.25) is 4.90 Å². The van der Waals surface area contributed by atoms with Gasteiger partial charge in [-0.2, -0.15) is 0 Å². The Kier molecular flexibility index (Phi) is 5.36. The van der Waals surface area contributed by atoms with Crippen LogP contribution < -0.4 is 5.32 Å². The van der Waals surface area contributed by atoms with Crippen LogP contribution in [-0.4, -0.2) is 44.7 Å². The van der Waals surface area contributed by atoms with E-state index in [0.29, 0.717) is 12.5 Å². The molecule has 1 aliphatic heterocycles. The Labute approximate surface area is 177 Å². The van der Waals surface area contributed by atoms with E-state index in [1.807, 2.05) is 26.4 Å². The number of halogens is 1. The molecule has 0 aliphatic carbocycles. The quantitative estimate of drug-likeness (QED) is 0.629. The van der Waals surface area contributed by atoms with Gasteiger partial charge in [-0.15, -0.1) is 0 Å². The first-order chi connectivity index (χ1) is 14.2. The number of likely N-dealkylation sites (tertiary alicyclic amines) is 1. The first kappa shape index (κ1) is 20.5. The first-order valence-corrected chi connectivity index (χ1v) is 10.5. The number of fused-ring (bicyclic) bond motifs is 1. The lowest BCUT2D eigenvalue weighted by atomic mass is 10.1. The predicted molar refractivity (Wildman–Crippen MR) is 121 cm³/mol. The summed E-state index contributed by atoms with van der Waals surface area (Å²) in [6.07, 6.45) is 4.78. The Bertz CT molecular complexity index is 1080. The topological polar surface area (TPSA) is 46.0 Å². The van der Waals surface area contributed by atoms with Gasteiger partial charge < -0.3 is 9.88 Å². The lowest BCUT2D eigenvalue weighted by Crippen LogP contribution is -2.34. The number of aromatic nitrogens is 3. The number of hydrogen-bond donors (Lipinski definition) is 1. The molecule has 1 aromatic carbocycles. The van der Waals surface area contributed by atoms with Gasteiger partial charge in [0.2, 0.25) is 0 Å². The Morgan fingerprint density at radius 2 is 2.03 bits per heavy atom. The van der Waals surface area contributed by atoms with Crippen LogP contribution in [0.3, 0.4) is 0 Å². The molecule has 30 heavy (non-hydrogen) atoms. The summed E-state index contributed by atoms with van der Waals surface area (Å²) >= 11 is 0. The summed E-state index contributed by atoms with van der Waals surface area (Å²) in [5, 5.41) is 5.59. The van der Waals surface area contributed by atoms with Crippen LogP contribution in [0.1, 0.15) is 26.1 Å². The molecule has 1 fully saturated rings. The van der Waals surface area contributed by atoms with Crippen molar-refractivity contribution in [2.45, 2.75) is 32.9 Å². The molecule has 2 aromatic heterocycles. The second-order valence-corrected chi connectivity index (χ2v) is 8.97. The standard InChI is InChI=1S/C24H30FN5/c1-16(20-8-9-30(14-20)15-24(3,4)25)28-23-11-21-10-18(6-7-19(21)12-27-23)22-13-26-17(2)29(22)5/h6-7,10-13,20H,1,8-9,14-15H2,2-5H3,(H,27,28). The summed E-state index contributed by atoms with van der Waals surface area (Å²) in [4.78, 5) is 11.1. The van der Waals surface area contributed by atoms with Crippen molar-refractivity contribution in [2.75, 3.05) is 25.0 Å². The van der Waals surface area contributed by atoms with Gasteiger partial charge in [0, 0.05) is 48.9 Å². The molecule has 3 heterocycles. The zero-order chi connectivity index (χ0) is 21.5. The second-order valence-electron chi connectivity index (χ2n) is 8.97. The van der Waals surface area contributed by atoms with Crippen molar-refractivity contribution in [2.24, 2.45) is 13.0 Å². The van der Waals surface area contributed by atoms with Crippen molar-refractivity contribution < 1.29 is 4.39 Å². The van der Waals surface area contributed by atoms with Crippen LogP contribution in [0.4, 0.5) is 10.2 Å². The number of alkyl halides is 1. The van der Waals surface area contributed by atoms with Crippen LogP contribution in [0.5, 0.6) is 0 Å². The van der Waals surface area contributed by atoms with Crippen molar-refractivity contribution in [1.82, 2.24) is 19.4 Å². The minimum atomic E-state index is -1.17. The Morgan fingerprint density at radius 3 is 2.73 bits per heavy atom. The third kappa shape index (κ3) is 4.38. The van der Waals surface area contributed by atoms with Crippen LogP contribution >= 0.6 is 0 Å². The lowest BCUT2D eigenvalue weighted by molar-refractivity contribution is 0.141. The second kappa shape index (κ2) is 7.84. The molecule has 4 rings (SSSR count). The molecule has 158 valence electrons. The van der Waals surface area contributed by atoms with Crippen molar-refractivity contribution >= 4 is 16.6 Å². The molecule has 6 heteroatoms. The lowest BCUT2D eigenvalue weighted by Gasteiger charge is -2.23. The van der Waals surface area contributed by atoms with Gasteiger partial charge in [-0.1, -0.05) is 18.7 Å². The molecule has 3 aromatic rings. The maximum atomic E-state index is 14.0. The van der Waals surface area contributed by atoms with E-state index in [0.717, 1.165) is 58.9 Å². The molecule has 0 saturated carbocycles. The van der Waals surface area contributed by atoms with E-state index in [4.69, 9.17) is 0 Å². The number of nitrogens with zero attached hydrogens (tertiary/aromatic N) is 4. The fourth-order valence-electron chi connectivity index (χ4n) is 4.20. The number of hydrogen-bond acceptors (Lipinski definition) is 4. The highest BCUT2D eigenvalue weighted by molar-refractivity contribution is 5.88. The van der Waals surface area contributed by atoms with Gasteiger partial charge in [0.15, 0.2) is 0 Å².